The van der Waals surface area contributed by atoms with Crippen LogP contribution in [-0.4, -0.2) is 31.3 Å². The summed E-state index contributed by atoms with van der Waals surface area (Å²) in [6, 6.07) is 5.55. The SMILES string of the molecule is N=c1ncn(Cc2c(Cl)cncc2Cl)c2nc(-c3ccc4c(c3)OCO4)[nH]c12. The zero-order chi connectivity index (χ0) is 19.3. The van der Waals surface area contributed by atoms with E-state index in [1.807, 2.05) is 18.2 Å². The molecule has 3 aromatic heterocycles. The van der Waals surface area contributed by atoms with Gasteiger partial charge in [0.2, 0.25) is 6.79 Å². The minimum absolute atomic E-state index is 0.0951. The van der Waals surface area contributed by atoms with E-state index in [9.17, 15) is 0 Å². The maximum absolute atomic E-state index is 8.12. The van der Waals surface area contributed by atoms with E-state index >= 15 is 0 Å². The zero-order valence-electron chi connectivity index (χ0n) is 14.2. The highest BCUT2D eigenvalue weighted by Gasteiger charge is 2.17. The molecule has 2 N–H and O–H groups in total. The molecule has 0 radical (unpaired) electrons. The van der Waals surface area contributed by atoms with Crippen molar-refractivity contribution in [2.75, 3.05) is 6.79 Å². The summed E-state index contributed by atoms with van der Waals surface area (Å²) in [4.78, 5) is 16.0. The molecule has 0 spiro atoms. The summed E-state index contributed by atoms with van der Waals surface area (Å²) < 4.78 is 12.6. The lowest BCUT2D eigenvalue weighted by molar-refractivity contribution is 0.174. The van der Waals surface area contributed by atoms with Gasteiger partial charge in [-0.25, -0.2) is 9.97 Å². The van der Waals surface area contributed by atoms with E-state index in [2.05, 4.69) is 19.9 Å². The predicted octanol–water partition coefficient (Wildman–Crippen LogP) is 3.38. The first-order chi connectivity index (χ1) is 13.6. The van der Waals surface area contributed by atoms with Gasteiger partial charge in [-0.15, -0.1) is 0 Å². The molecule has 0 unspecified atom stereocenters. The lowest BCUT2D eigenvalue weighted by Crippen LogP contribution is -2.13. The van der Waals surface area contributed by atoms with Crippen LogP contribution in [0.4, 0.5) is 0 Å². The Bertz CT molecular complexity index is 1260. The van der Waals surface area contributed by atoms with Crippen LogP contribution in [0.3, 0.4) is 0 Å². The summed E-state index contributed by atoms with van der Waals surface area (Å²) in [5.74, 6) is 1.95. The summed E-state index contributed by atoms with van der Waals surface area (Å²) in [6.07, 6.45) is 4.62. The number of fused-ring (bicyclic) bond motifs is 2. The van der Waals surface area contributed by atoms with Crippen molar-refractivity contribution in [3.8, 4) is 22.9 Å². The Balaban J connectivity index is 1.62. The maximum atomic E-state index is 8.12. The molecule has 0 fully saturated rings. The number of aromatic nitrogens is 5. The van der Waals surface area contributed by atoms with Gasteiger partial charge in [0.25, 0.3) is 0 Å². The van der Waals surface area contributed by atoms with Crippen LogP contribution in [-0.2, 0) is 6.54 Å². The molecule has 0 aliphatic carbocycles. The highest BCUT2D eigenvalue weighted by Crippen LogP contribution is 2.35. The average molecular weight is 415 g/mol. The first-order valence-corrected chi connectivity index (χ1v) is 9.03. The van der Waals surface area contributed by atoms with Gasteiger partial charge in [-0.1, -0.05) is 23.2 Å². The lowest BCUT2D eigenvalue weighted by atomic mass is 10.2. The fourth-order valence-electron chi connectivity index (χ4n) is 3.04. The number of rotatable bonds is 3. The number of halogens is 2. The Kier molecular flexibility index (Phi) is 3.96. The van der Waals surface area contributed by atoms with E-state index < -0.39 is 0 Å². The number of hydrogen-bond donors (Lipinski definition) is 2. The van der Waals surface area contributed by atoms with Crippen LogP contribution in [0.1, 0.15) is 5.56 Å². The Morgan fingerprint density at radius 1 is 1.14 bits per heavy atom. The van der Waals surface area contributed by atoms with Gasteiger partial charge in [0, 0.05) is 23.5 Å². The fraction of sp³-hybridized carbons (Fsp3) is 0.111. The van der Waals surface area contributed by atoms with E-state index in [0.717, 1.165) is 5.56 Å². The second-order valence-corrected chi connectivity index (χ2v) is 6.97. The Labute approximate surface area is 168 Å². The topological polar surface area (TPSA) is 102 Å². The molecule has 28 heavy (non-hydrogen) atoms. The van der Waals surface area contributed by atoms with E-state index in [4.69, 9.17) is 38.1 Å². The van der Waals surface area contributed by atoms with Crippen molar-refractivity contribution in [1.29, 1.82) is 5.41 Å². The first-order valence-electron chi connectivity index (χ1n) is 8.28. The summed E-state index contributed by atoms with van der Waals surface area (Å²) in [5, 5.41) is 9.03. The van der Waals surface area contributed by atoms with Crippen molar-refractivity contribution >= 4 is 34.4 Å². The van der Waals surface area contributed by atoms with Crippen molar-refractivity contribution in [3.05, 3.63) is 58.0 Å². The smallest absolute Gasteiger partial charge is 0.231 e. The Hall–Kier alpha value is -3.10. The van der Waals surface area contributed by atoms with Gasteiger partial charge in [0.15, 0.2) is 22.6 Å². The third-order valence-corrected chi connectivity index (χ3v) is 5.10. The molecule has 0 bridgehead atoms. The summed E-state index contributed by atoms with van der Waals surface area (Å²) in [6.45, 7) is 0.544. The number of H-pyrrole nitrogens is 1. The van der Waals surface area contributed by atoms with Crippen LogP contribution in [0.5, 0.6) is 11.5 Å². The van der Waals surface area contributed by atoms with Crippen molar-refractivity contribution in [1.82, 2.24) is 24.5 Å². The molecule has 4 aromatic rings. The van der Waals surface area contributed by atoms with Gasteiger partial charge in [-0.05, 0) is 18.2 Å². The molecule has 1 aliphatic rings. The predicted molar refractivity (Wildman–Crippen MR) is 103 cm³/mol. The summed E-state index contributed by atoms with van der Waals surface area (Å²) >= 11 is 12.5. The number of aromatic amines is 1. The average Bonchev–Trinajstić information content (AvgIpc) is 3.33. The first kappa shape index (κ1) is 17.0. The monoisotopic (exact) mass is 414 g/mol. The van der Waals surface area contributed by atoms with Crippen LogP contribution in [0.2, 0.25) is 10.0 Å². The number of imidazole rings is 1. The molecule has 8 nitrogen and oxygen atoms in total. The second kappa shape index (κ2) is 6.50. The normalized spacial score (nSPS) is 12.6. The molecule has 4 heterocycles. The summed E-state index contributed by atoms with van der Waals surface area (Å²) in [5.41, 5.74) is 2.69. The summed E-state index contributed by atoms with van der Waals surface area (Å²) in [7, 11) is 0. The molecule has 1 aliphatic heterocycles. The van der Waals surface area contributed by atoms with Crippen molar-refractivity contribution in [2.24, 2.45) is 0 Å². The van der Waals surface area contributed by atoms with Gasteiger partial charge < -0.3 is 19.0 Å². The molecule has 140 valence electrons. The van der Waals surface area contributed by atoms with E-state index in [0.29, 0.717) is 50.6 Å². The van der Waals surface area contributed by atoms with E-state index in [1.54, 1.807) is 10.9 Å². The van der Waals surface area contributed by atoms with E-state index in [-0.39, 0.29) is 12.3 Å². The highest BCUT2D eigenvalue weighted by molar-refractivity contribution is 6.35. The molecule has 10 heteroatoms. The minimum Gasteiger partial charge on any atom is -0.454 e. The molecular weight excluding hydrogens is 403 g/mol. The van der Waals surface area contributed by atoms with Gasteiger partial charge in [-0.3, -0.25) is 10.4 Å². The molecule has 0 saturated carbocycles. The fourth-order valence-corrected chi connectivity index (χ4v) is 3.52. The van der Waals surface area contributed by atoms with Crippen molar-refractivity contribution in [3.63, 3.8) is 0 Å². The number of nitrogens with one attached hydrogen (secondary N) is 2. The maximum Gasteiger partial charge on any atom is 0.231 e. The zero-order valence-corrected chi connectivity index (χ0v) is 15.8. The molecule has 0 amide bonds. The molecule has 5 rings (SSSR count). The number of hydrogen-bond acceptors (Lipinski definition) is 6. The Morgan fingerprint density at radius 2 is 1.93 bits per heavy atom. The second-order valence-electron chi connectivity index (χ2n) is 6.15. The van der Waals surface area contributed by atoms with Crippen LogP contribution in [0.25, 0.3) is 22.6 Å². The van der Waals surface area contributed by atoms with Gasteiger partial charge in [0.1, 0.15) is 11.3 Å². The molecule has 1 aromatic carbocycles. The minimum atomic E-state index is 0.0951. The molecule has 0 saturated heterocycles. The quantitative estimate of drug-likeness (QED) is 0.534. The number of ether oxygens (including phenoxy) is 2. The van der Waals surface area contributed by atoms with E-state index in [1.165, 1.54) is 12.4 Å². The van der Waals surface area contributed by atoms with Crippen molar-refractivity contribution < 1.29 is 9.47 Å². The van der Waals surface area contributed by atoms with Crippen LogP contribution < -0.4 is 15.0 Å². The number of nitrogens with zero attached hydrogens (tertiary/aromatic N) is 4. The number of benzene rings is 1. The van der Waals surface area contributed by atoms with Crippen LogP contribution in [0.15, 0.2) is 36.9 Å². The van der Waals surface area contributed by atoms with Crippen LogP contribution >= 0.6 is 23.2 Å². The van der Waals surface area contributed by atoms with Gasteiger partial charge in [0.05, 0.1) is 22.9 Å². The standard InChI is InChI=1S/C18H12Cl2N6O2/c19-11-4-22-5-12(20)10(11)6-26-7-23-16(21)15-18(26)25-17(24-15)9-1-2-13-14(3-9)28-8-27-13/h1-5,7,21H,6,8H2,(H,24,25). The third kappa shape index (κ3) is 2.78. The molecular formula is C18H12Cl2N6O2. The number of pyridine rings is 1. The lowest BCUT2D eigenvalue weighted by Gasteiger charge is -2.09. The van der Waals surface area contributed by atoms with Crippen LogP contribution in [0, 0.1) is 5.41 Å². The third-order valence-electron chi connectivity index (χ3n) is 4.45. The van der Waals surface area contributed by atoms with Crippen molar-refractivity contribution in [2.45, 2.75) is 6.54 Å². The molecule has 0 atom stereocenters. The van der Waals surface area contributed by atoms with Gasteiger partial charge in [-0.2, -0.15) is 0 Å². The van der Waals surface area contributed by atoms with Gasteiger partial charge >= 0.3 is 0 Å². The Morgan fingerprint density at radius 3 is 2.75 bits per heavy atom. The highest BCUT2D eigenvalue weighted by atomic mass is 35.5. The largest absolute Gasteiger partial charge is 0.454 e.